The van der Waals surface area contributed by atoms with Gasteiger partial charge in [0.2, 0.25) is 0 Å². The summed E-state index contributed by atoms with van der Waals surface area (Å²) in [4.78, 5) is 16.5. The predicted molar refractivity (Wildman–Crippen MR) is 112 cm³/mol. The van der Waals surface area contributed by atoms with Gasteiger partial charge >= 0.3 is 0 Å². The molecule has 2 aliphatic rings. The van der Waals surface area contributed by atoms with Gasteiger partial charge in [-0.25, -0.2) is 15.5 Å². The molecule has 4 heterocycles. The lowest BCUT2D eigenvalue weighted by atomic mass is 9.91. The minimum Gasteiger partial charge on any atom is -0.387 e. The van der Waals surface area contributed by atoms with Crippen LogP contribution in [0.3, 0.4) is 0 Å². The summed E-state index contributed by atoms with van der Waals surface area (Å²) >= 11 is 7.24. The second-order valence-electron chi connectivity index (χ2n) is 7.32. The lowest BCUT2D eigenvalue weighted by Gasteiger charge is -2.47. The second-order valence-corrected chi connectivity index (χ2v) is 8.57. The zero-order valence-electron chi connectivity index (χ0n) is 16.4. The van der Waals surface area contributed by atoms with Gasteiger partial charge in [-0.2, -0.15) is 0 Å². The van der Waals surface area contributed by atoms with E-state index in [9.17, 15) is 9.90 Å². The average Bonchev–Trinajstić information content (AvgIpc) is 3.47. The van der Waals surface area contributed by atoms with Crippen LogP contribution >= 0.6 is 22.9 Å². The molecule has 1 amide bonds. The first-order valence-electron chi connectivity index (χ1n) is 9.74. The van der Waals surface area contributed by atoms with Gasteiger partial charge in [0.05, 0.1) is 12.8 Å². The Hall–Kier alpha value is -2.45. The summed E-state index contributed by atoms with van der Waals surface area (Å²) in [5.74, 6) is 4.62. The quantitative estimate of drug-likeness (QED) is 0.282. The molecule has 0 spiro atoms. The summed E-state index contributed by atoms with van der Waals surface area (Å²) < 4.78 is 19.3. The van der Waals surface area contributed by atoms with Crippen molar-refractivity contribution in [2.24, 2.45) is 5.84 Å². The number of nitrogens with one attached hydrogen (secondary N) is 1. The molecule has 11 nitrogen and oxygen atoms in total. The Balaban J connectivity index is 1.49. The molecule has 1 aromatic carbocycles. The maximum Gasteiger partial charge on any atom is 0.265 e. The normalized spacial score (nSPS) is 30.0. The third-order valence-electron chi connectivity index (χ3n) is 5.36. The van der Waals surface area contributed by atoms with Crippen LogP contribution in [0.25, 0.3) is 10.7 Å². The Morgan fingerprint density at radius 2 is 2.12 bits per heavy atom. The van der Waals surface area contributed by atoms with E-state index in [2.05, 4.69) is 15.3 Å². The number of amides is 1. The van der Waals surface area contributed by atoms with Crippen LogP contribution in [0.1, 0.15) is 17.9 Å². The highest BCUT2D eigenvalue weighted by Gasteiger charge is 2.52. The molecule has 0 saturated carbocycles. The van der Waals surface area contributed by atoms with Gasteiger partial charge in [-0.15, -0.1) is 16.4 Å². The maximum atomic E-state index is 12.3. The number of halogens is 1. The third kappa shape index (κ3) is 3.90. The highest BCUT2D eigenvalue weighted by molar-refractivity contribution is 7.13. The van der Waals surface area contributed by atoms with E-state index in [1.54, 1.807) is 11.6 Å². The largest absolute Gasteiger partial charge is 0.387 e. The first-order chi connectivity index (χ1) is 15.5. The van der Waals surface area contributed by atoms with Gasteiger partial charge in [0.15, 0.2) is 12.4 Å². The van der Waals surface area contributed by atoms with E-state index < -0.39 is 42.7 Å². The van der Waals surface area contributed by atoms with Crippen LogP contribution in [0.15, 0.2) is 41.9 Å². The molecule has 2 aliphatic heterocycles. The number of hydrogen-bond acceptors (Lipinski definition) is 10. The fraction of sp³-hybridized carbons (Fsp3) is 0.368. The number of carbonyl (C=O) groups is 1. The summed E-state index contributed by atoms with van der Waals surface area (Å²) in [5.41, 5.74) is 3.32. The number of hydrogen-bond donors (Lipinski definition) is 3. The molecule has 5 rings (SSSR count). The fourth-order valence-electron chi connectivity index (χ4n) is 3.89. The minimum atomic E-state index is -1.32. The van der Waals surface area contributed by atoms with E-state index in [0.717, 1.165) is 5.56 Å². The number of nitrogens with zero attached hydrogens (tertiary/aromatic N) is 4. The van der Waals surface area contributed by atoms with Crippen molar-refractivity contribution in [2.45, 2.75) is 36.7 Å². The lowest BCUT2D eigenvalue weighted by molar-refractivity contribution is -0.312. The van der Waals surface area contributed by atoms with E-state index in [-0.39, 0.29) is 6.61 Å². The molecular weight excluding hydrogens is 460 g/mol. The number of aliphatic hydroxyl groups is 1. The van der Waals surface area contributed by atoms with E-state index in [4.69, 9.17) is 31.7 Å². The summed E-state index contributed by atoms with van der Waals surface area (Å²) in [7, 11) is 0. The standard InChI is InChI=1S/C19H19ClN6O5S/c20-12-8-32-18(22-12)10-6-26(25-24-10)13-14(27)16(17(28)23-21)30-11-7-29-19(31-15(11)13)9-4-2-1-3-5-9/h1-6,8,11,13-16,19,27H,7,21H2,(H,23,28)/t11?,13?,14?,15-,16+,19?/m0/s1. The van der Waals surface area contributed by atoms with E-state index in [1.807, 2.05) is 35.8 Å². The Kier molecular flexibility index (Phi) is 5.90. The first kappa shape index (κ1) is 21.4. The summed E-state index contributed by atoms with van der Waals surface area (Å²) in [6, 6.07) is 8.60. The van der Waals surface area contributed by atoms with Crippen molar-refractivity contribution in [1.29, 1.82) is 0 Å². The number of fused-ring (bicyclic) bond motifs is 1. The lowest BCUT2D eigenvalue weighted by Crippen LogP contribution is -2.63. The van der Waals surface area contributed by atoms with E-state index in [1.165, 1.54) is 16.0 Å². The van der Waals surface area contributed by atoms with Crippen LogP contribution < -0.4 is 11.3 Å². The van der Waals surface area contributed by atoms with E-state index >= 15 is 0 Å². The van der Waals surface area contributed by atoms with Gasteiger partial charge in [0, 0.05) is 10.9 Å². The van der Waals surface area contributed by atoms with Gasteiger partial charge in [0.25, 0.3) is 5.91 Å². The molecule has 3 aromatic rings. The number of hydrazine groups is 1. The van der Waals surface area contributed by atoms with Crippen molar-refractivity contribution in [1.82, 2.24) is 25.4 Å². The van der Waals surface area contributed by atoms with Crippen LogP contribution in [0.2, 0.25) is 5.15 Å². The first-order valence-corrected chi connectivity index (χ1v) is 11.0. The highest BCUT2D eigenvalue weighted by atomic mass is 35.5. The highest BCUT2D eigenvalue weighted by Crippen LogP contribution is 2.39. The third-order valence-corrected chi connectivity index (χ3v) is 6.55. The number of aliphatic hydroxyl groups excluding tert-OH is 1. The summed E-state index contributed by atoms with van der Waals surface area (Å²) in [5, 5.41) is 22.0. The number of nitrogens with two attached hydrogens (primary N) is 1. The fourth-order valence-corrected chi connectivity index (χ4v) is 4.78. The number of rotatable bonds is 4. The van der Waals surface area contributed by atoms with Crippen molar-refractivity contribution in [3.8, 4) is 10.7 Å². The van der Waals surface area contributed by atoms with Gasteiger partial charge < -0.3 is 19.3 Å². The molecule has 4 unspecified atom stereocenters. The SMILES string of the molecule is NNC(=O)[C@@H]1OC2COC(c3ccccc3)O[C@@H]2C(n2cc(-c3nc(Cl)cs3)nn2)C1O. The van der Waals surface area contributed by atoms with Crippen molar-refractivity contribution < 1.29 is 24.1 Å². The molecule has 0 aliphatic carbocycles. The van der Waals surface area contributed by atoms with Crippen molar-refractivity contribution in [3.63, 3.8) is 0 Å². The number of thiazole rings is 1. The minimum absolute atomic E-state index is 0.144. The van der Waals surface area contributed by atoms with Crippen LogP contribution in [-0.4, -0.2) is 62.0 Å². The zero-order valence-corrected chi connectivity index (χ0v) is 18.0. The Bertz CT molecular complexity index is 1100. The molecule has 2 fully saturated rings. The molecule has 168 valence electrons. The summed E-state index contributed by atoms with van der Waals surface area (Å²) in [6.45, 7) is 0.144. The molecule has 13 heteroatoms. The number of carbonyl (C=O) groups excluding carboxylic acids is 1. The van der Waals surface area contributed by atoms with Gasteiger partial charge in [-0.05, 0) is 0 Å². The van der Waals surface area contributed by atoms with Gasteiger partial charge in [-0.3, -0.25) is 10.2 Å². The maximum absolute atomic E-state index is 12.3. The molecular formula is C19H19ClN6O5S. The monoisotopic (exact) mass is 478 g/mol. The van der Waals surface area contributed by atoms with Gasteiger partial charge in [-0.1, -0.05) is 47.1 Å². The molecule has 32 heavy (non-hydrogen) atoms. The van der Waals surface area contributed by atoms with Crippen molar-refractivity contribution in [3.05, 3.63) is 52.6 Å². The van der Waals surface area contributed by atoms with Crippen LogP contribution in [0, 0.1) is 0 Å². The topological polar surface area (TPSA) is 147 Å². The van der Waals surface area contributed by atoms with Crippen molar-refractivity contribution in [2.75, 3.05) is 6.61 Å². The smallest absolute Gasteiger partial charge is 0.265 e. The Morgan fingerprint density at radius 3 is 2.84 bits per heavy atom. The van der Waals surface area contributed by atoms with Crippen LogP contribution in [0.5, 0.6) is 0 Å². The summed E-state index contributed by atoms with van der Waals surface area (Å²) in [6.07, 6.45) is -2.93. The molecule has 0 bridgehead atoms. The van der Waals surface area contributed by atoms with Crippen LogP contribution in [0.4, 0.5) is 0 Å². The second kappa shape index (κ2) is 8.83. The Morgan fingerprint density at radius 1 is 1.31 bits per heavy atom. The molecule has 0 radical (unpaired) electrons. The number of aromatic nitrogens is 4. The predicted octanol–water partition coefficient (Wildman–Crippen LogP) is 0.829. The number of benzene rings is 1. The Labute approximate surface area is 191 Å². The van der Waals surface area contributed by atoms with Gasteiger partial charge in [0.1, 0.15) is 40.2 Å². The van der Waals surface area contributed by atoms with Crippen molar-refractivity contribution >= 4 is 28.8 Å². The molecule has 2 saturated heterocycles. The number of ether oxygens (including phenoxy) is 3. The molecule has 6 atom stereocenters. The molecule has 2 aromatic heterocycles. The van der Waals surface area contributed by atoms with Crippen LogP contribution in [-0.2, 0) is 19.0 Å². The van der Waals surface area contributed by atoms with E-state index in [0.29, 0.717) is 15.9 Å². The molecule has 4 N–H and O–H groups in total. The zero-order chi connectivity index (χ0) is 22.2. The average molecular weight is 479 g/mol.